The lowest BCUT2D eigenvalue weighted by molar-refractivity contribution is 0.301. The van der Waals surface area contributed by atoms with Crippen molar-refractivity contribution in [1.29, 1.82) is 0 Å². The van der Waals surface area contributed by atoms with Crippen LogP contribution in [-0.4, -0.2) is 12.6 Å². The minimum atomic E-state index is 0.292. The maximum absolute atomic E-state index is 5.94. The average molecular weight is 228 g/mol. The summed E-state index contributed by atoms with van der Waals surface area (Å²) >= 11 is 5.94. The molecule has 0 amide bonds. The van der Waals surface area contributed by atoms with Gasteiger partial charge in [0.15, 0.2) is 0 Å². The van der Waals surface area contributed by atoms with Crippen molar-refractivity contribution in [3.8, 4) is 5.75 Å². The Bertz CT molecular complexity index is 291. The van der Waals surface area contributed by atoms with Gasteiger partial charge in [0.25, 0.3) is 0 Å². The zero-order valence-electron chi connectivity index (χ0n) is 9.08. The lowest BCUT2D eigenvalue weighted by atomic mass is 10.1. The van der Waals surface area contributed by atoms with Gasteiger partial charge in [0, 0.05) is 6.04 Å². The number of hydrogen-bond donors (Lipinski definition) is 1. The predicted octanol–water partition coefficient (Wildman–Crippen LogP) is 3.24. The third-order valence-corrected chi connectivity index (χ3v) is 2.65. The summed E-state index contributed by atoms with van der Waals surface area (Å²) in [6.45, 7) is 2.77. The normalized spacial score (nSPS) is 12.5. The first kappa shape index (κ1) is 12.3. The number of para-hydroxylation sites is 1. The highest BCUT2D eigenvalue weighted by atomic mass is 35.5. The van der Waals surface area contributed by atoms with Gasteiger partial charge in [0.1, 0.15) is 5.75 Å². The number of ether oxygens (including phenoxy) is 1. The van der Waals surface area contributed by atoms with Crippen LogP contribution >= 0.6 is 11.6 Å². The topological polar surface area (TPSA) is 35.2 Å². The first-order valence-electron chi connectivity index (χ1n) is 5.37. The standard InChI is InChI=1S/C12H18ClNO/c1-2-10(14)6-5-9-15-12-8-4-3-7-11(12)13/h3-4,7-8,10H,2,5-6,9,14H2,1H3. The van der Waals surface area contributed by atoms with Gasteiger partial charge in [-0.05, 0) is 31.4 Å². The molecular weight excluding hydrogens is 210 g/mol. The Kier molecular flexibility index (Phi) is 5.51. The van der Waals surface area contributed by atoms with Crippen molar-refractivity contribution in [3.05, 3.63) is 29.3 Å². The number of hydrogen-bond acceptors (Lipinski definition) is 2. The molecule has 0 aliphatic rings. The third kappa shape index (κ3) is 4.54. The molecule has 0 aliphatic carbocycles. The lowest BCUT2D eigenvalue weighted by Gasteiger charge is -2.10. The molecule has 84 valence electrons. The molecule has 0 bridgehead atoms. The highest BCUT2D eigenvalue weighted by molar-refractivity contribution is 6.32. The van der Waals surface area contributed by atoms with Crippen molar-refractivity contribution in [1.82, 2.24) is 0 Å². The Morgan fingerprint density at radius 1 is 1.40 bits per heavy atom. The molecule has 1 aromatic rings. The SMILES string of the molecule is CCC(N)CCCOc1ccccc1Cl. The van der Waals surface area contributed by atoms with E-state index in [-0.39, 0.29) is 0 Å². The molecule has 1 rings (SSSR count). The van der Waals surface area contributed by atoms with E-state index in [0.29, 0.717) is 17.7 Å². The summed E-state index contributed by atoms with van der Waals surface area (Å²) in [5.74, 6) is 0.754. The summed E-state index contributed by atoms with van der Waals surface area (Å²) in [6.07, 6.45) is 2.99. The predicted molar refractivity (Wildman–Crippen MR) is 64.4 cm³/mol. The largest absolute Gasteiger partial charge is 0.492 e. The van der Waals surface area contributed by atoms with Crippen LogP contribution in [0.3, 0.4) is 0 Å². The number of benzene rings is 1. The molecule has 0 aromatic heterocycles. The summed E-state index contributed by atoms with van der Waals surface area (Å²) < 4.78 is 5.54. The van der Waals surface area contributed by atoms with Gasteiger partial charge in [-0.15, -0.1) is 0 Å². The van der Waals surface area contributed by atoms with E-state index in [0.717, 1.165) is 25.0 Å². The second kappa shape index (κ2) is 6.70. The fourth-order valence-electron chi connectivity index (χ4n) is 1.29. The van der Waals surface area contributed by atoms with E-state index in [9.17, 15) is 0 Å². The monoisotopic (exact) mass is 227 g/mol. The molecule has 15 heavy (non-hydrogen) atoms. The summed E-state index contributed by atoms with van der Waals surface area (Å²) in [6, 6.07) is 7.80. The van der Waals surface area contributed by atoms with Crippen LogP contribution in [-0.2, 0) is 0 Å². The molecule has 0 spiro atoms. The van der Waals surface area contributed by atoms with Crippen LogP contribution in [0.5, 0.6) is 5.75 Å². The quantitative estimate of drug-likeness (QED) is 0.758. The average Bonchev–Trinajstić information content (AvgIpc) is 2.26. The highest BCUT2D eigenvalue weighted by Crippen LogP contribution is 2.23. The minimum Gasteiger partial charge on any atom is -0.492 e. The molecule has 0 saturated heterocycles. The molecule has 0 radical (unpaired) electrons. The number of rotatable bonds is 6. The zero-order valence-corrected chi connectivity index (χ0v) is 9.83. The second-order valence-electron chi connectivity index (χ2n) is 3.59. The Labute approximate surface area is 96.4 Å². The molecular formula is C12H18ClNO. The van der Waals surface area contributed by atoms with E-state index in [1.165, 1.54) is 0 Å². The molecule has 1 unspecified atom stereocenters. The van der Waals surface area contributed by atoms with Crippen molar-refractivity contribution < 1.29 is 4.74 Å². The van der Waals surface area contributed by atoms with Gasteiger partial charge in [-0.25, -0.2) is 0 Å². The summed E-state index contributed by atoms with van der Waals surface area (Å²) in [4.78, 5) is 0. The Morgan fingerprint density at radius 3 is 2.80 bits per heavy atom. The molecule has 2 N–H and O–H groups in total. The molecule has 0 heterocycles. The van der Waals surface area contributed by atoms with E-state index in [4.69, 9.17) is 22.1 Å². The molecule has 0 aliphatic heterocycles. The fraction of sp³-hybridized carbons (Fsp3) is 0.500. The summed E-state index contributed by atoms with van der Waals surface area (Å²) in [5.41, 5.74) is 5.80. The maximum atomic E-state index is 5.94. The van der Waals surface area contributed by atoms with Crippen LogP contribution in [0.25, 0.3) is 0 Å². The molecule has 3 heteroatoms. The van der Waals surface area contributed by atoms with E-state index in [1.807, 2.05) is 24.3 Å². The second-order valence-corrected chi connectivity index (χ2v) is 4.00. The van der Waals surface area contributed by atoms with Crippen LogP contribution in [0.4, 0.5) is 0 Å². The van der Waals surface area contributed by atoms with Crippen molar-refractivity contribution >= 4 is 11.6 Å². The molecule has 2 nitrogen and oxygen atoms in total. The first-order chi connectivity index (χ1) is 7.24. The lowest BCUT2D eigenvalue weighted by Crippen LogP contribution is -2.19. The Hall–Kier alpha value is -0.730. The van der Waals surface area contributed by atoms with Crippen molar-refractivity contribution in [2.24, 2.45) is 5.73 Å². The van der Waals surface area contributed by atoms with Crippen molar-refractivity contribution in [2.75, 3.05) is 6.61 Å². The fourth-order valence-corrected chi connectivity index (χ4v) is 1.48. The van der Waals surface area contributed by atoms with Crippen LogP contribution in [0.15, 0.2) is 24.3 Å². The zero-order chi connectivity index (χ0) is 11.1. The highest BCUT2D eigenvalue weighted by Gasteiger charge is 2.01. The molecule has 0 saturated carbocycles. The van der Waals surface area contributed by atoms with Crippen molar-refractivity contribution in [2.45, 2.75) is 32.2 Å². The smallest absolute Gasteiger partial charge is 0.137 e. The van der Waals surface area contributed by atoms with E-state index in [2.05, 4.69) is 6.92 Å². The first-order valence-corrected chi connectivity index (χ1v) is 5.74. The van der Waals surface area contributed by atoms with Crippen LogP contribution in [0.1, 0.15) is 26.2 Å². The van der Waals surface area contributed by atoms with E-state index in [1.54, 1.807) is 0 Å². The van der Waals surface area contributed by atoms with Gasteiger partial charge >= 0.3 is 0 Å². The van der Waals surface area contributed by atoms with Crippen molar-refractivity contribution in [3.63, 3.8) is 0 Å². The number of halogens is 1. The molecule has 1 atom stereocenters. The molecule has 1 aromatic carbocycles. The number of nitrogens with two attached hydrogens (primary N) is 1. The van der Waals surface area contributed by atoms with Gasteiger partial charge in [0.05, 0.1) is 11.6 Å². The van der Waals surface area contributed by atoms with Gasteiger partial charge in [-0.2, -0.15) is 0 Å². The van der Waals surface area contributed by atoms with E-state index >= 15 is 0 Å². The summed E-state index contributed by atoms with van der Waals surface area (Å²) in [5, 5.41) is 0.664. The van der Waals surface area contributed by atoms with Crippen LogP contribution in [0.2, 0.25) is 5.02 Å². The van der Waals surface area contributed by atoms with Crippen LogP contribution < -0.4 is 10.5 Å². The summed E-state index contributed by atoms with van der Waals surface area (Å²) in [7, 11) is 0. The third-order valence-electron chi connectivity index (χ3n) is 2.34. The van der Waals surface area contributed by atoms with Gasteiger partial charge in [-0.3, -0.25) is 0 Å². The van der Waals surface area contributed by atoms with Crippen LogP contribution in [0, 0.1) is 0 Å². The van der Waals surface area contributed by atoms with Gasteiger partial charge in [-0.1, -0.05) is 30.7 Å². The molecule has 0 fully saturated rings. The van der Waals surface area contributed by atoms with Gasteiger partial charge < -0.3 is 10.5 Å². The van der Waals surface area contributed by atoms with E-state index < -0.39 is 0 Å². The van der Waals surface area contributed by atoms with Gasteiger partial charge in [0.2, 0.25) is 0 Å². The maximum Gasteiger partial charge on any atom is 0.137 e. The Morgan fingerprint density at radius 2 is 2.13 bits per heavy atom. The minimum absolute atomic E-state index is 0.292. The Balaban J connectivity index is 2.23.